The summed E-state index contributed by atoms with van der Waals surface area (Å²) in [5.74, 6) is 0. The highest BCUT2D eigenvalue weighted by Gasteiger charge is 2.09. The van der Waals surface area contributed by atoms with Crippen LogP contribution >= 0.6 is 23.4 Å². The van der Waals surface area contributed by atoms with Crippen LogP contribution in [0.2, 0.25) is 0 Å². The first-order valence-corrected chi connectivity index (χ1v) is 4.06. The van der Waals surface area contributed by atoms with Gasteiger partial charge < -0.3 is 11.1 Å². The van der Waals surface area contributed by atoms with Crippen LogP contribution in [0.25, 0.3) is 0 Å². The van der Waals surface area contributed by atoms with E-state index in [2.05, 4.69) is 15.8 Å². The summed E-state index contributed by atoms with van der Waals surface area (Å²) in [6.45, 7) is 1.17. The molecule has 1 rings (SSSR count). The number of hydrogen-bond donors (Lipinski definition) is 3. The maximum absolute atomic E-state index is 5.76. The molecule has 0 saturated heterocycles. The van der Waals surface area contributed by atoms with Crippen molar-refractivity contribution in [2.24, 2.45) is 10.8 Å². The van der Waals surface area contributed by atoms with E-state index in [0.717, 1.165) is 4.64 Å². The number of nitrogens with one attached hydrogen (secondary N) is 2. The molecule has 0 bridgehead atoms. The first-order chi connectivity index (χ1) is 5.74. The quantitative estimate of drug-likeness (QED) is 0.449. The second-order valence-corrected chi connectivity index (χ2v) is 2.76. The van der Waals surface area contributed by atoms with Crippen LogP contribution < -0.4 is 16.5 Å². The number of allylic oxidation sites excluding steroid dienone is 1. The van der Waals surface area contributed by atoms with Gasteiger partial charge in [-0.15, -0.1) is 9.74 Å². The lowest BCUT2D eigenvalue weighted by molar-refractivity contribution is 0.402. The van der Waals surface area contributed by atoms with E-state index in [1.54, 1.807) is 0 Å². The van der Waals surface area contributed by atoms with Gasteiger partial charge in [-0.1, -0.05) is 11.6 Å². The predicted octanol–water partition coefficient (Wildman–Crippen LogP) is -0.0976. The molecule has 0 aromatic heterocycles. The third kappa shape index (κ3) is 2.44. The summed E-state index contributed by atoms with van der Waals surface area (Å²) in [6.07, 6.45) is 1.52. The average Bonchev–Trinajstić information content (AvgIpc) is 2.03. The topological polar surface area (TPSA) is 65.7 Å². The molecule has 0 aromatic rings. The van der Waals surface area contributed by atoms with Gasteiger partial charge in [0, 0.05) is 13.1 Å². The molecule has 1 aliphatic heterocycles. The molecular formula is C5H9Cl2N5. The summed E-state index contributed by atoms with van der Waals surface area (Å²) in [5, 5.41) is 7.10. The minimum Gasteiger partial charge on any atom is -0.380 e. The van der Waals surface area contributed by atoms with Gasteiger partial charge in [-0.25, -0.2) is 0 Å². The standard InChI is InChI=1S/C5H9Cl2N5/c6-5-4(9-2-1-8)3-10-12(7)11-5/h3,9,11H,1-2,8H2. The van der Waals surface area contributed by atoms with E-state index in [1.165, 1.54) is 6.21 Å². The SMILES string of the molecule is NCCNC1=C(Cl)NN(Cl)N=C1. The number of hydrazone groups is 1. The van der Waals surface area contributed by atoms with Gasteiger partial charge in [0.25, 0.3) is 0 Å². The van der Waals surface area contributed by atoms with Crippen LogP contribution in [0, 0.1) is 0 Å². The Hall–Kier alpha value is -0.650. The average molecular weight is 210 g/mol. The van der Waals surface area contributed by atoms with Crippen molar-refractivity contribution < 1.29 is 0 Å². The summed E-state index contributed by atoms with van der Waals surface area (Å²) >= 11 is 11.2. The molecule has 4 N–H and O–H groups in total. The van der Waals surface area contributed by atoms with Gasteiger partial charge in [0.05, 0.1) is 23.7 Å². The Kier molecular flexibility index (Phi) is 3.46. The second kappa shape index (κ2) is 4.39. The van der Waals surface area contributed by atoms with E-state index in [9.17, 15) is 0 Å². The van der Waals surface area contributed by atoms with Crippen LogP contribution in [0.5, 0.6) is 0 Å². The Morgan fingerprint density at radius 1 is 1.75 bits per heavy atom. The van der Waals surface area contributed by atoms with Crippen molar-refractivity contribution in [2.45, 2.75) is 0 Å². The van der Waals surface area contributed by atoms with E-state index in [4.69, 9.17) is 29.1 Å². The number of hydrazine groups is 1. The monoisotopic (exact) mass is 209 g/mol. The van der Waals surface area contributed by atoms with Crippen molar-refractivity contribution in [1.82, 2.24) is 15.4 Å². The molecule has 12 heavy (non-hydrogen) atoms. The van der Waals surface area contributed by atoms with Crippen molar-refractivity contribution in [3.05, 3.63) is 10.9 Å². The summed E-state index contributed by atoms with van der Waals surface area (Å²) in [7, 11) is 0. The van der Waals surface area contributed by atoms with Gasteiger partial charge in [-0.3, -0.25) is 5.43 Å². The number of hydrogen-bond acceptors (Lipinski definition) is 5. The van der Waals surface area contributed by atoms with E-state index in [0.29, 0.717) is 23.9 Å². The smallest absolute Gasteiger partial charge is 0.148 e. The molecule has 0 radical (unpaired) electrons. The number of nitrogens with zero attached hydrogens (tertiary/aromatic N) is 2. The largest absolute Gasteiger partial charge is 0.380 e. The summed E-state index contributed by atoms with van der Waals surface area (Å²) in [4.78, 5) is 0. The highest BCUT2D eigenvalue weighted by atomic mass is 35.5. The zero-order valence-corrected chi connectivity index (χ0v) is 7.73. The lowest BCUT2D eigenvalue weighted by atomic mass is 10.4. The van der Waals surface area contributed by atoms with Crippen molar-refractivity contribution in [3.63, 3.8) is 0 Å². The number of halogens is 2. The van der Waals surface area contributed by atoms with Crippen LogP contribution in [0.1, 0.15) is 0 Å². The highest BCUT2D eigenvalue weighted by Crippen LogP contribution is 2.08. The van der Waals surface area contributed by atoms with Crippen molar-refractivity contribution in [2.75, 3.05) is 13.1 Å². The predicted molar refractivity (Wildman–Crippen MR) is 49.3 cm³/mol. The molecule has 0 spiro atoms. The van der Waals surface area contributed by atoms with Crippen molar-refractivity contribution >= 4 is 29.6 Å². The zero-order valence-electron chi connectivity index (χ0n) is 6.22. The Morgan fingerprint density at radius 3 is 3.08 bits per heavy atom. The summed E-state index contributed by atoms with van der Waals surface area (Å²) in [6, 6.07) is 0. The molecule has 1 heterocycles. The van der Waals surface area contributed by atoms with Crippen LogP contribution in [-0.2, 0) is 0 Å². The van der Waals surface area contributed by atoms with E-state index in [1.807, 2.05) is 0 Å². The minimum atomic E-state index is 0.397. The molecule has 0 aliphatic carbocycles. The fraction of sp³-hybridized carbons (Fsp3) is 0.400. The van der Waals surface area contributed by atoms with Crippen molar-refractivity contribution in [3.8, 4) is 0 Å². The molecule has 5 nitrogen and oxygen atoms in total. The molecule has 0 atom stereocenters. The molecule has 0 unspecified atom stereocenters. The fourth-order valence-corrected chi connectivity index (χ4v) is 1.03. The van der Waals surface area contributed by atoms with Crippen LogP contribution in [0.4, 0.5) is 0 Å². The third-order valence-electron chi connectivity index (χ3n) is 1.17. The molecular weight excluding hydrogens is 201 g/mol. The third-order valence-corrected chi connectivity index (χ3v) is 1.63. The van der Waals surface area contributed by atoms with Gasteiger partial charge in [0.15, 0.2) is 0 Å². The highest BCUT2D eigenvalue weighted by molar-refractivity contribution is 6.31. The van der Waals surface area contributed by atoms with E-state index >= 15 is 0 Å². The van der Waals surface area contributed by atoms with Crippen LogP contribution in [0.3, 0.4) is 0 Å². The molecule has 0 amide bonds. The van der Waals surface area contributed by atoms with Gasteiger partial charge in [-0.05, 0) is 0 Å². The lowest BCUT2D eigenvalue weighted by Gasteiger charge is -2.18. The molecule has 68 valence electrons. The number of rotatable bonds is 3. The van der Waals surface area contributed by atoms with Crippen molar-refractivity contribution in [1.29, 1.82) is 0 Å². The Labute approximate surface area is 80.3 Å². The van der Waals surface area contributed by atoms with Gasteiger partial charge in [0.2, 0.25) is 0 Å². The lowest BCUT2D eigenvalue weighted by Crippen LogP contribution is -2.33. The Balaban J connectivity index is 2.52. The molecule has 0 aromatic carbocycles. The van der Waals surface area contributed by atoms with Crippen LogP contribution in [-0.4, -0.2) is 23.9 Å². The minimum absolute atomic E-state index is 0.397. The second-order valence-electron chi connectivity index (χ2n) is 2.06. The summed E-state index contributed by atoms with van der Waals surface area (Å²) in [5.41, 5.74) is 8.55. The van der Waals surface area contributed by atoms with Gasteiger partial charge in [0.1, 0.15) is 5.16 Å². The molecule has 0 fully saturated rings. The Morgan fingerprint density at radius 2 is 2.50 bits per heavy atom. The maximum Gasteiger partial charge on any atom is 0.148 e. The first kappa shape index (κ1) is 9.44. The maximum atomic E-state index is 5.76. The Bertz CT molecular complexity index is 214. The first-order valence-electron chi connectivity index (χ1n) is 3.34. The normalized spacial score (nSPS) is 16.4. The van der Waals surface area contributed by atoms with E-state index < -0.39 is 0 Å². The van der Waals surface area contributed by atoms with Gasteiger partial charge in [-0.2, -0.15) is 0 Å². The molecule has 1 aliphatic rings. The fourth-order valence-electron chi connectivity index (χ4n) is 0.665. The van der Waals surface area contributed by atoms with Gasteiger partial charge >= 0.3 is 0 Å². The zero-order chi connectivity index (χ0) is 8.97. The summed E-state index contributed by atoms with van der Waals surface area (Å²) < 4.78 is 0.996. The van der Waals surface area contributed by atoms with Crippen LogP contribution in [0.15, 0.2) is 16.0 Å². The number of nitrogens with two attached hydrogens (primary N) is 1. The van der Waals surface area contributed by atoms with E-state index in [-0.39, 0.29) is 0 Å². The molecule has 7 heteroatoms. The molecule has 0 saturated carbocycles.